The number of hydrogen-bond acceptors (Lipinski definition) is 2. The molecule has 2 aromatic rings. The first-order valence-corrected chi connectivity index (χ1v) is 8.65. The van der Waals surface area contributed by atoms with E-state index in [9.17, 15) is 4.79 Å². The lowest BCUT2D eigenvalue weighted by Crippen LogP contribution is -2.34. The average Bonchev–Trinajstić information content (AvgIpc) is 3.12. The highest BCUT2D eigenvalue weighted by molar-refractivity contribution is 5.73. The number of hydrogen-bond donors (Lipinski definition) is 2. The van der Waals surface area contributed by atoms with Crippen LogP contribution in [0.4, 0.5) is 4.79 Å². The highest BCUT2D eigenvalue weighted by atomic mass is 16.2. The Morgan fingerprint density at radius 2 is 1.46 bits per heavy atom. The van der Waals surface area contributed by atoms with Crippen LogP contribution >= 0.6 is 0 Å². The van der Waals surface area contributed by atoms with Gasteiger partial charge in [-0.25, -0.2) is 4.79 Å². The van der Waals surface area contributed by atoms with Crippen molar-refractivity contribution in [2.75, 3.05) is 13.1 Å². The third kappa shape index (κ3) is 5.10. The molecule has 0 atom stereocenters. The number of rotatable bonds is 6. The molecule has 0 radical (unpaired) electrons. The molecular weight excluding hydrogens is 298 g/mol. The van der Waals surface area contributed by atoms with Crippen LogP contribution in [-0.4, -0.2) is 24.0 Å². The van der Waals surface area contributed by atoms with E-state index in [-0.39, 0.29) is 6.03 Å². The van der Waals surface area contributed by atoms with Crippen LogP contribution in [-0.2, 0) is 19.6 Å². The zero-order valence-electron chi connectivity index (χ0n) is 14.0. The quantitative estimate of drug-likeness (QED) is 0.857. The molecule has 2 N–H and O–H groups in total. The summed E-state index contributed by atoms with van der Waals surface area (Å²) in [6.07, 6.45) is 2.62. The molecule has 0 unspecified atom stereocenters. The van der Waals surface area contributed by atoms with Crippen LogP contribution in [0.15, 0.2) is 54.6 Å². The normalized spacial score (nSPS) is 14.5. The summed E-state index contributed by atoms with van der Waals surface area (Å²) in [5, 5.41) is 5.81. The zero-order chi connectivity index (χ0) is 16.6. The lowest BCUT2D eigenvalue weighted by Gasteiger charge is -2.15. The molecule has 0 aromatic heterocycles. The van der Waals surface area contributed by atoms with Crippen molar-refractivity contribution in [2.45, 2.75) is 32.5 Å². The molecule has 24 heavy (non-hydrogen) atoms. The Morgan fingerprint density at radius 1 is 0.833 bits per heavy atom. The number of carbonyl (C=O) groups excluding carboxylic acids is 1. The van der Waals surface area contributed by atoms with Gasteiger partial charge in [0.1, 0.15) is 0 Å². The molecule has 0 bridgehead atoms. The Bertz CT molecular complexity index is 651. The molecule has 0 aliphatic carbocycles. The van der Waals surface area contributed by atoms with Crippen LogP contribution < -0.4 is 10.6 Å². The summed E-state index contributed by atoms with van der Waals surface area (Å²) in [6, 6.07) is 18.3. The third-order valence-corrected chi connectivity index (χ3v) is 4.35. The third-order valence-electron chi connectivity index (χ3n) is 4.35. The fourth-order valence-corrected chi connectivity index (χ4v) is 3.06. The van der Waals surface area contributed by atoms with Gasteiger partial charge in [0.05, 0.1) is 0 Å². The van der Waals surface area contributed by atoms with Crippen LogP contribution in [0.2, 0.25) is 0 Å². The number of carbonyl (C=O) groups is 1. The van der Waals surface area contributed by atoms with E-state index < -0.39 is 0 Å². The van der Waals surface area contributed by atoms with Gasteiger partial charge in [-0.15, -0.1) is 0 Å². The van der Waals surface area contributed by atoms with Crippen LogP contribution in [0, 0.1) is 0 Å². The van der Waals surface area contributed by atoms with E-state index >= 15 is 0 Å². The van der Waals surface area contributed by atoms with Gasteiger partial charge in [0.25, 0.3) is 0 Å². The maximum Gasteiger partial charge on any atom is 0.315 e. The average molecular weight is 323 g/mol. The number of benzene rings is 2. The van der Waals surface area contributed by atoms with Gasteiger partial charge < -0.3 is 10.6 Å². The number of urea groups is 1. The minimum Gasteiger partial charge on any atom is -0.334 e. The smallest absolute Gasteiger partial charge is 0.315 e. The first kappa shape index (κ1) is 16.5. The summed E-state index contributed by atoms with van der Waals surface area (Å²) in [5.74, 6) is 0. The van der Waals surface area contributed by atoms with Crippen molar-refractivity contribution in [2.24, 2.45) is 0 Å². The van der Waals surface area contributed by atoms with Gasteiger partial charge in [0, 0.05) is 19.6 Å². The predicted octanol–water partition coefficient (Wildman–Crippen LogP) is 3.28. The van der Waals surface area contributed by atoms with E-state index in [1.54, 1.807) is 0 Å². The summed E-state index contributed by atoms with van der Waals surface area (Å²) >= 11 is 0. The van der Waals surface area contributed by atoms with Crippen molar-refractivity contribution < 1.29 is 4.79 Å². The van der Waals surface area contributed by atoms with E-state index in [0.29, 0.717) is 13.1 Å². The highest BCUT2D eigenvalue weighted by Crippen LogP contribution is 2.13. The second-order valence-corrected chi connectivity index (χ2v) is 6.33. The second-order valence-electron chi connectivity index (χ2n) is 6.33. The largest absolute Gasteiger partial charge is 0.334 e. The van der Waals surface area contributed by atoms with Gasteiger partial charge in [0.15, 0.2) is 0 Å². The molecule has 0 saturated carbocycles. The lowest BCUT2D eigenvalue weighted by atomic mass is 10.1. The topological polar surface area (TPSA) is 44.4 Å². The van der Waals surface area contributed by atoms with Gasteiger partial charge in [-0.05, 0) is 42.6 Å². The lowest BCUT2D eigenvalue weighted by molar-refractivity contribution is 0.240. The second kappa shape index (κ2) is 8.50. The monoisotopic (exact) mass is 323 g/mol. The number of likely N-dealkylation sites (tertiary alicyclic amines) is 1. The fourth-order valence-electron chi connectivity index (χ4n) is 3.06. The Labute approximate surface area is 143 Å². The van der Waals surface area contributed by atoms with Crippen LogP contribution in [0.1, 0.15) is 29.5 Å². The van der Waals surface area contributed by atoms with Crippen LogP contribution in [0.5, 0.6) is 0 Å². The maximum absolute atomic E-state index is 11.9. The zero-order valence-corrected chi connectivity index (χ0v) is 14.0. The van der Waals surface area contributed by atoms with Crippen molar-refractivity contribution in [3.8, 4) is 0 Å². The molecule has 126 valence electrons. The first-order valence-electron chi connectivity index (χ1n) is 8.65. The van der Waals surface area contributed by atoms with Crippen molar-refractivity contribution in [1.29, 1.82) is 0 Å². The number of nitrogens with zero attached hydrogens (tertiary/aromatic N) is 1. The predicted molar refractivity (Wildman–Crippen MR) is 96.5 cm³/mol. The van der Waals surface area contributed by atoms with Gasteiger partial charge >= 0.3 is 6.03 Å². The highest BCUT2D eigenvalue weighted by Gasteiger charge is 2.11. The Hall–Kier alpha value is -2.33. The van der Waals surface area contributed by atoms with E-state index in [1.165, 1.54) is 31.5 Å². The molecule has 0 spiro atoms. The summed E-state index contributed by atoms with van der Waals surface area (Å²) in [7, 11) is 0. The van der Waals surface area contributed by atoms with E-state index in [2.05, 4.69) is 39.8 Å². The summed E-state index contributed by atoms with van der Waals surface area (Å²) in [6.45, 7) is 4.50. The standard InChI is InChI=1S/C20H25N3O/c24-20(21-14-17-7-2-1-3-8-17)22-15-18-9-6-10-19(13-18)16-23-11-4-5-12-23/h1-3,6-10,13H,4-5,11-12,14-16H2,(H2,21,22,24). The Balaban J connectivity index is 1.44. The van der Waals surface area contributed by atoms with Crippen molar-refractivity contribution in [3.05, 3.63) is 71.3 Å². The first-order chi connectivity index (χ1) is 11.8. The Morgan fingerprint density at radius 3 is 2.21 bits per heavy atom. The minimum absolute atomic E-state index is 0.135. The maximum atomic E-state index is 11.9. The molecule has 1 aliphatic rings. The molecule has 2 amide bonds. The molecule has 2 aromatic carbocycles. The fraction of sp³-hybridized carbons (Fsp3) is 0.350. The molecular formula is C20H25N3O. The molecule has 3 rings (SSSR count). The summed E-state index contributed by atoms with van der Waals surface area (Å²) in [5.41, 5.74) is 3.56. The molecule has 1 heterocycles. The molecule has 1 fully saturated rings. The van der Waals surface area contributed by atoms with Gasteiger partial charge in [-0.3, -0.25) is 4.90 Å². The minimum atomic E-state index is -0.135. The van der Waals surface area contributed by atoms with E-state index in [1.807, 2.05) is 30.3 Å². The SMILES string of the molecule is O=C(NCc1ccccc1)NCc1cccc(CN2CCCC2)c1. The van der Waals surface area contributed by atoms with Crippen molar-refractivity contribution >= 4 is 6.03 Å². The molecule has 4 nitrogen and oxygen atoms in total. The molecule has 1 aliphatic heterocycles. The van der Waals surface area contributed by atoms with Gasteiger partial charge in [-0.2, -0.15) is 0 Å². The number of amides is 2. The van der Waals surface area contributed by atoms with Gasteiger partial charge in [-0.1, -0.05) is 54.6 Å². The molecule has 1 saturated heterocycles. The van der Waals surface area contributed by atoms with Crippen molar-refractivity contribution in [3.63, 3.8) is 0 Å². The Kier molecular flexibility index (Phi) is 5.85. The van der Waals surface area contributed by atoms with Gasteiger partial charge in [0.2, 0.25) is 0 Å². The van der Waals surface area contributed by atoms with Crippen LogP contribution in [0.25, 0.3) is 0 Å². The summed E-state index contributed by atoms with van der Waals surface area (Å²) < 4.78 is 0. The van der Waals surface area contributed by atoms with Crippen LogP contribution in [0.3, 0.4) is 0 Å². The van der Waals surface area contributed by atoms with E-state index in [4.69, 9.17) is 0 Å². The molecule has 4 heteroatoms. The van der Waals surface area contributed by atoms with Crippen molar-refractivity contribution in [1.82, 2.24) is 15.5 Å². The number of nitrogens with one attached hydrogen (secondary N) is 2. The van der Waals surface area contributed by atoms with E-state index in [0.717, 1.165) is 17.7 Å². The summed E-state index contributed by atoms with van der Waals surface area (Å²) in [4.78, 5) is 14.4.